The quantitative estimate of drug-likeness (QED) is 0.554. The first kappa shape index (κ1) is 17.8. The molecule has 122 valence electrons. The number of likely N-dealkylation sites (N-methyl/N-ethyl adjacent to an activating group) is 1. The van der Waals surface area contributed by atoms with Crippen LogP contribution in [-0.4, -0.2) is 74.0 Å². The molecule has 1 aliphatic rings. The van der Waals surface area contributed by atoms with Crippen molar-refractivity contribution >= 4 is 11.9 Å². The number of carbonyl (C=O) groups is 1. The van der Waals surface area contributed by atoms with Gasteiger partial charge in [-0.3, -0.25) is 4.79 Å². The average molecular weight is 297 g/mol. The molecule has 1 rings (SSSR count). The summed E-state index contributed by atoms with van der Waals surface area (Å²) in [6.07, 6.45) is 2.23. The molecule has 0 bridgehead atoms. The highest BCUT2D eigenvalue weighted by Crippen LogP contribution is 2.08. The van der Waals surface area contributed by atoms with Gasteiger partial charge >= 0.3 is 0 Å². The minimum Gasteiger partial charge on any atom is -0.357 e. The van der Waals surface area contributed by atoms with E-state index in [-0.39, 0.29) is 18.0 Å². The van der Waals surface area contributed by atoms with Gasteiger partial charge in [-0.25, -0.2) is 4.99 Å². The smallest absolute Gasteiger partial charge is 0.244 e. The first-order chi connectivity index (χ1) is 9.86. The van der Waals surface area contributed by atoms with Crippen molar-refractivity contribution in [1.82, 2.24) is 20.4 Å². The minimum atomic E-state index is 0.0230. The normalized spacial score (nSPS) is 16.5. The van der Waals surface area contributed by atoms with Crippen LogP contribution in [0.25, 0.3) is 0 Å². The van der Waals surface area contributed by atoms with Crippen molar-refractivity contribution in [2.75, 3.05) is 46.8 Å². The van der Waals surface area contributed by atoms with E-state index in [1.54, 1.807) is 0 Å². The molecule has 6 heteroatoms. The topological polar surface area (TPSA) is 60.0 Å². The van der Waals surface area contributed by atoms with Gasteiger partial charge < -0.3 is 20.4 Å². The second-order valence-corrected chi connectivity index (χ2v) is 6.34. The van der Waals surface area contributed by atoms with E-state index in [0.717, 1.165) is 39.0 Å². The molecule has 6 nitrogen and oxygen atoms in total. The van der Waals surface area contributed by atoms with E-state index < -0.39 is 0 Å². The Labute approximate surface area is 129 Å². The van der Waals surface area contributed by atoms with E-state index >= 15 is 0 Å². The highest BCUT2D eigenvalue weighted by molar-refractivity contribution is 5.85. The Morgan fingerprint density at radius 2 is 1.86 bits per heavy atom. The zero-order valence-corrected chi connectivity index (χ0v) is 14.2. The largest absolute Gasteiger partial charge is 0.357 e. The summed E-state index contributed by atoms with van der Waals surface area (Å²) in [5.74, 6) is 0.830. The predicted octanol–water partition coefficient (Wildman–Crippen LogP) is 0.504. The molecule has 0 saturated carbocycles. The number of amides is 1. The highest BCUT2D eigenvalue weighted by Gasteiger charge is 2.21. The van der Waals surface area contributed by atoms with E-state index in [1.165, 1.54) is 0 Å². The van der Waals surface area contributed by atoms with Crippen LogP contribution in [-0.2, 0) is 4.79 Å². The summed E-state index contributed by atoms with van der Waals surface area (Å²) in [6.45, 7) is 9.89. The number of likely N-dealkylation sites (tertiary alicyclic amines) is 1. The van der Waals surface area contributed by atoms with E-state index in [9.17, 15) is 4.79 Å². The van der Waals surface area contributed by atoms with Crippen LogP contribution >= 0.6 is 0 Å². The number of rotatable bonds is 6. The molecule has 0 aromatic carbocycles. The molecule has 0 aliphatic carbocycles. The zero-order valence-electron chi connectivity index (χ0n) is 14.2. The molecule has 0 aromatic rings. The van der Waals surface area contributed by atoms with Crippen LogP contribution in [0.1, 0.15) is 33.6 Å². The van der Waals surface area contributed by atoms with Gasteiger partial charge in [0.25, 0.3) is 0 Å². The fourth-order valence-corrected chi connectivity index (χ4v) is 2.01. The van der Waals surface area contributed by atoms with Crippen LogP contribution in [0.15, 0.2) is 4.99 Å². The third kappa shape index (κ3) is 5.91. The Morgan fingerprint density at radius 1 is 1.24 bits per heavy atom. The van der Waals surface area contributed by atoms with Crippen LogP contribution < -0.4 is 10.6 Å². The van der Waals surface area contributed by atoms with Crippen LogP contribution in [0, 0.1) is 0 Å². The maximum Gasteiger partial charge on any atom is 0.244 e. The van der Waals surface area contributed by atoms with Crippen molar-refractivity contribution < 1.29 is 4.79 Å². The van der Waals surface area contributed by atoms with Crippen molar-refractivity contribution in [3.05, 3.63) is 0 Å². The summed E-state index contributed by atoms with van der Waals surface area (Å²) in [6, 6.07) is 0. The van der Waals surface area contributed by atoms with Crippen molar-refractivity contribution in [3.63, 3.8) is 0 Å². The van der Waals surface area contributed by atoms with Gasteiger partial charge in [-0.15, -0.1) is 0 Å². The molecule has 0 aromatic heterocycles. The molecule has 0 atom stereocenters. The number of hydrogen-bond acceptors (Lipinski definition) is 3. The van der Waals surface area contributed by atoms with Gasteiger partial charge in [0.15, 0.2) is 5.96 Å². The molecule has 21 heavy (non-hydrogen) atoms. The first-order valence-corrected chi connectivity index (χ1v) is 7.84. The van der Waals surface area contributed by atoms with E-state index in [2.05, 4.69) is 48.5 Å². The van der Waals surface area contributed by atoms with Crippen molar-refractivity contribution in [1.29, 1.82) is 0 Å². The monoisotopic (exact) mass is 297 g/mol. The summed E-state index contributed by atoms with van der Waals surface area (Å²) in [5, 5.41) is 6.50. The number of guanidine groups is 1. The lowest BCUT2D eigenvalue weighted by Gasteiger charge is -2.33. The van der Waals surface area contributed by atoms with Crippen LogP contribution in [0.5, 0.6) is 0 Å². The molecule has 0 radical (unpaired) electrons. The number of carbonyl (C=O) groups excluding carboxylic acids is 1. The summed E-state index contributed by atoms with van der Waals surface area (Å²) in [5.41, 5.74) is 0.0230. The van der Waals surface area contributed by atoms with Gasteiger partial charge in [-0.1, -0.05) is 0 Å². The maximum absolute atomic E-state index is 12.0. The lowest BCUT2D eigenvalue weighted by atomic mass is 10.0. The van der Waals surface area contributed by atoms with E-state index in [0.29, 0.717) is 5.96 Å². The molecule has 0 unspecified atom stereocenters. The molecule has 1 saturated heterocycles. The molecule has 1 fully saturated rings. The maximum atomic E-state index is 12.0. The van der Waals surface area contributed by atoms with Gasteiger partial charge in [0.2, 0.25) is 5.91 Å². The van der Waals surface area contributed by atoms with Gasteiger partial charge in [-0.05, 0) is 47.7 Å². The second-order valence-electron chi connectivity index (χ2n) is 6.34. The molecule has 1 aliphatic heterocycles. The van der Waals surface area contributed by atoms with E-state index in [1.807, 2.05) is 11.8 Å². The Bertz CT molecular complexity index is 359. The number of aliphatic imine (C=N–C) groups is 1. The summed E-state index contributed by atoms with van der Waals surface area (Å²) in [4.78, 5) is 20.5. The fourth-order valence-electron chi connectivity index (χ4n) is 2.01. The van der Waals surface area contributed by atoms with Crippen LogP contribution in [0.3, 0.4) is 0 Å². The lowest BCUT2D eigenvalue weighted by Crippen LogP contribution is -2.51. The lowest BCUT2D eigenvalue weighted by molar-refractivity contribution is -0.128. The van der Waals surface area contributed by atoms with Crippen molar-refractivity contribution in [3.8, 4) is 0 Å². The molecule has 1 heterocycles. The highest BCUT2D eigenvalue weighted by atomic mass is 16.2. The molecule has 2 N–H and O–H groups in total. The molecular weight excluding hydrogens is 266 g/mol. The van der Waals surface area contributed by atoms with Gasteiger partial charge in [0, 0.05) is 31.7 Å². The number of hydrogen-bond donors (Lipinski definition) is 2. The minimum absolute atomic E-state index is 0.0230. The number of nitrogens with zero attached hydrogens (tertiary/aromatic N) is 3. The molecular formula is C15H31N5O. The predicted molar refractivity (Wildman–Crippen MR) is 87.6 cm³/mol. The SMILES string of the molecule is CCNC(=NCC(=O)N1CCCC1)NCC(C)(C)N(C)C. The average Bonchev–Trinajstić information content (AvgIpc) is 2.95. The van der Waals surface area contributed by atoms with Crippen molar-refractivity contribution in [2.24, 2.45) is 4.99 Å². The third-order valence-electron chi connectivity index (χ3n) is 4.07. The molecule has 1 amide bonds. The van der Waals surface area contributed by atoms with Crippen LogP contribution in [0.4, 0.5) is 0 Å². The Hall–Kier alpha value is -1.30. The van der Waals surface area contributed by atoms with Gasteiger partial charge in [0.1, 0.15) is 6.54 Å². The van der Waals surface area contributed by atoms with E-state index in [4.69, 9.17) is 0 Å². The summed E-state index contributed by atoms with van der Waals surface area (Å²) < 4.78 is 0. The Balaban J connectivity index is 2.51. The second kappa shape index (κ2) is 8.22. The third-order valence-corrected chi connectivity index (χ3v) is 4.07. The standard InChI is InChI=1S/C15H31N5O/c1-6-16-14(18-12-15(2,3)19(4)5)17-11-13(21)20-9-7-8-10-20/h6-12H2,1-5H3,(H2,16,17,18). The first-order valence-electron chi connectivity index (χ1n) is 7.84. The van der Waals surface area contributed by atoms with Crippen molar-refractivity contribution in [2.45, 2.75) is 39.2 Å². The summed E-state index contributed by atoms with van der Waals surface area (Å²) >= 11 is 0. The fraction of sp³-hybridized carbons (Fsp3) is 0.867. The van der Waals surface area contributed by atoms with Crippen LogP contribution in [0.2, 0.25) is 0 Å². The molecule has 0 spiro atoms. The Kier molecular flexibility index (Phi) is 6.95. The summed E-state index contributed by atoms with van der Waals surface area (Å²) in [7, 11) is 4.12. The zero-order chi connectivity index (χ0) is 15.9. The Morgan fingerprint density at radius 3 is 2.38 bits per heavy atom. The van der Waals surface area contributed by atoms with Gasteiger partial charge in [0.05, 0.1) is 0 Å². The van der Waals surface area contributed by atoms with Gasteiger partial charge in [-0.2, -0.15) is 0 Å². The number of nitrogens with one attached hydrogen (secondary N) is 2.